The molecule has 2 nitrogen and oxygen atoms in total. The number of fused-ring (bicyclic) bond motifs is 3. The Labute approximate surface area is 99.4 Å². The van der Waals surface area contributed by atoms with Gasteiger partial charge in [-0.25, -0.2) is 4.98 Å². The van der Waals surface area contributed by atoms with E-state index in [0.29, 0.717) is 0 Å². The number of aryl methyl sites for hydroxylation is 2. The number of anilines is 1. The fourth-order valence-corrected chi connectivity index (χ4v) is 3.10. The first kappa shape index (κ1) is 9.85. The molecular weight excluding hydrogens is 216 g/mol. The highest BCUT2D eigenvalue weighted by atomic mass is 32.1. The van der Waals surface area contributed by atoms with Gasteiger partial charge >= 0.3 is 0 Å². The van der Waals surface area contributed by atoms with Crippen LogP contribution in [0.1, 0.15) is 21.0 Å². The van der Waals surface area contributed by atoms with Gasteiger partial charge in [0.15, 0.2) is 0 Å². The predicted molar refractivity (Wildman–Crippen MR) is 69.1 cm³/mol. The number of benzene rings is 1. The number of nitrogens with one attached hydrogen (secondary N) is 1. The Morgan fingerprint density at radius 3 is 2.88 bits per heavy atom. The van der Waals surface area contributed by atoms with Crippen molar-refractivity contribution in [3.63, 3.8) is 0 Å². The maximum atomic E-state index is 4.64. The average molecular weight is 230 g/mol. The third-order valence-corrected chi connectivity index (χ3v) is 4.19. The summed E-state index contributed by atoms with van der Waals surface area (Å²) >= 11 is 1.79. The van der Waals surface area contributed by atoms with E-state index in [9.17, 15) is 0 Å². The molecule has 3 heteroatoms. The van der Waals surface area contributed by atoms with Crippen LogP contribution in [0.3, 0.4) is 0 Å². The van der Waals surface area contributed by atoms with E-state index in [4.69, 9.17) is 0 Å². The molecule has 2 heterocycles. The fourth-order valence-electron chi connectivity index (χ4n) is 2.21. The van der Waals surface area contributed by atoms with Crippen LogP contribution in [0.4, 0.5) is 5.69 Å². The van der Waals surface area contributed by atoms with Gasteiger partial charge in [-0.3, -0.25) is 0 Å². The molecule has 0 radical (unpaired) electrons. The topological polar surface area (TPSA) is 24.9 Å². The molecule has 16 heavy (non-hydrogen) atoms. The lowest BCUT2D eigenvalue weighted by molar-refractivity contribution is 1.12. The SMILES string of the molecule is Cc1nc2c(s1)CNc1c-2ccc(C)c1C. The minimum absolute atomic E-state index is 0.915. The van der Waals surface area contributed by atoms with Gasteiger partial charge in [-0.05, 0) is 31.9 Å². The molecule has 0 saturated carbocycles. The Bertz CT molecular complexity index is 570. The van der Waals surface area contributed by atoms with Crippen LogP contribution in [0.25, 0.3) is 11.3 Å². The zero-order valence-corrected chi connectivity index (χ0v) is 10.5. The van der Waals surface area contributed by atoms with Crippen LogP contribution in [-0.4, -0.2) is 4.98 Å². The standard InChI is InChI=1S/C13H14N2S/c1-7-4-5-10-12(8(7)2)14-6-11-13(10)15-9(3)16-11/h4-5,14H,6H2,1-3H3. The predicted octanol–water partition coefficient (Wildman–Crippen LogP) is 3.66. The van der Waals surface area contributed by atoms with Crippen molar-refractivity contribution in [2.45, 2.75) is 27.3 Å². The van der Waals surface area contributed by atoms with E-state index in [-0.39, 0.29) is 0 Å². The first-order chi connectivity index (χ1) is 7.66. The van der Waals surface area contributed by atoms with Gasteiger partial charge in [0.25, 0.3) is 0 Å². The van der Waals surface area contributed by atoms with Crippen molar-refractivity contribution in [3.05, 3.63) is 33.1 Å². The number of rotatable bonds is 0. The Hall–Kier alpha value is -1.35. The monoisotopic (exact) mass is 230 g/mol. The molecule has 1 aromatic heterocycles. The summed E-state index contributed by atoms with van der Waals surface area (Å²) in [5, 5.41) is 4.66. The Balaban J connectivity index is 2.29. The minimum Gasteiger partial charge on any atom is -0.379 e. The molecule has 3 rings (SSSR count). The number of hydrogen-bond donors (Lipinski definition) is 1. The molecular formula is C13H14N2S. The summed E-state index contributed by atoms with van der Waals surface area (Å²) < 4.78 is 0. The molecule has 0 aliphatic carbocycles. The summed E-state index contributed by atoms with van der Waals surface area (Å²) in [5.41, 5.74) is 6.38. The lowest BCUT2D eigenvalue weighted by atomic mass is 9.98. The number of nitrogens with zero attached hydrogens (tertiary/aromatic N) is 1. The van der Waals surface area contributed by atoms with Crippen LogP contribution in [0.2, 0.25) is 0 Å². The van der Waals surface area contributed by atoms with Crippen molar-refractivity contribution in [2.24, 2.45) is 0 Å². The number of thiazole rings is 1. The summed E-state index contributed by atoms with van der Waals surface area (Å²) in [5.74, 6) is 0. The van der Waals surface area contributed by atoms with Gasteiger partial charge in [0.2, 0.25) is 0 Å². The number of hydrogen-bond acceptors (Lipinski definition) is 3. The van der Waals surface area contributed by atoms with E-state index >= 15 is 0 Å². The Kier molecular flexibility index (Phi) is 2.04. The molecule has 2 aromatic rings. The summed E-state index contributed by atoms with van der Waals surface area (Å²) in [6.07, 6.45) is 0. The van der Waals surface area contributed by atoms with Gasteiger partial charge < -0.3 is 5.32 Å². The molecule has 0 unspecified atom stereocenters. The molecule has 0 spiro atoms. The molecule has 1 aliphatic heterocycles. The van der Waals surface area contributed by atoms with Gasteiger partial charge in [-0.15, -0.1) is 11.3 Å². The van der Waals surface area contributed by atoms with Crippen LogP contribution >= 0.6 is 11.3 Å². The second-order valence-electron chi connectivity index (χ2n) is 4.29. The molecule has 1 N–H and O–H groups in total. The quantitative estimate of drug-likeness (QED) is 0.747. The first-order valence-corrected chi connectivity index (χ1v) is 6.29. The van der Waals surface area contributed by atoms with Gasteiger partial charge in [-0.2, -0.15) is 0 Å². The van der Waals surface area contributed by atoms with Crippen LogP contribution in [0.15, 0.2) is 12.1 Å². The van der Waals surface area contributed by atoms with E-state index in [1.165, 1.54) is 32.9 Å². The highest BCUT2D eigenvalue weighted by Crippen LogP contribution is 2.40. The maximum Gasteiger partial charge on any atom is 0.0905 e. The van der Waals surface area contributed by atoms with Gasteiger partial charge in [0.05, 0.1) is 22.1 Å². The van der Waals surface area contributed by atoms with Gasteiger partial charge in [-0.1, -0.05) is 12.1 Å². The first-order valence-electron chi connectivity index (χ1n) is 5.47. The van der Waals surface area contributed by atoms with Crippen molar-refractivity contribution in [3.8, 4) is 11.3 Å². The van der Waals surface area contributed by atoms with Crippen molar-refractivity contribution in [2.75, 3.05) is 5.32 Å². The largest absolute Gasteiger partial charge is 0.379 e. The lowest BCUT2D eigenvalue weighted by Gasteiger charge is -2.20. The normalized spacial score (nSPS) is 12.9. The van der Waals surface area contributed by atoms with Crippen LogP contribution in [-0.2, 0) is 6.54 Å². The van der Waals surface area contributed by atoms with Crippen molar-refractivity contribution < 1.29 is 0 Å². The van der Waals surface area contributed by atoms with E-state index in [0.717, 1.165) is 11.6 Å². The molecule has 0 amide bonds. The molecule has 1 aromatic carbocycles. The van der Waals surface area contributed by atoms with Crippen molar-refractivity contribution in [1.82, 2.24) is 4.98 Å². The smallest absolute Gasteiger partial charge is 0.0905 e. The third kappa shape index (κ3) is 1.28. The third-order valence-electron chi connectivity index (χ3n) is 3.22. The highest BCUT2D eigenvalue weighted by molar-refractivity contribution is 7.12. The molecule has 0 bridgehead atoms. The van der Waals surface area contributed by atoms with E-state index in [1.807, 2.05) is 0 Å². The lowest BCUT2D eigenvalue weighted by Crippen LogP contribution is -2.08. The molecule has 0 saturated heterocycles. The van der Waals surface area contributed by atoms with Crippen LogP contribution < -0.4 is 5.32 Å². The average Bonchev–Trinajstić information content (AvgIpc) is 2.63. The van der Waals surface area contributed by atoms with Gasteiger partial charge in [0, 0.05) is 11.3 Å². The minimum atomic E-state index is 0.915. The second-order valence-corrected chi connectivity index (χ2v) is 5.58. The highest BCUT2D eigenvalue weighted by Gasteiger charge is 2.21. The molecule has 82 valence electrons. The van der Waals surface area contributed by atoms with Crippen molar-refractivity contribution in [1.29, 1.82) is 0 Å². The zero-order chi connectivity index (χ0) is 11.3. The van der Waals surface area contributed by atoms with E-state index in [2.05, 4.69) is 43.2 Å². The number of aromatic nitrogens is 1. The van der Waals surface area contributed by atoms with E-state index in [1.54, 1.807) is 11.3 Å². The summed E-state index contributed by atoms with van der Waals surface area (Å²) in [4.78, 5) is 6.00. The second kappa shape index (κ2) is 3.32. The van der Waals surface area contributed by atoms with Gasteiger partial charge in [0.1, 0.15) is 0 Å². The van der Waals surface area contributed by atoms with Crippen LogP contribution in [0, 0.1) is 20.8 Å². The zero-order valence-electron chi connectivity index (χ0n) is 9.72. The van der Waals surface area contributed by atoms with E-state index < -0.39 is 0 Å². The summed E-state index contributed by atoms with van der Waals surface area (Å²) in [7, 11) is 0. The molecule has 0 fully saturated rings. The fraction of sp³-hybridized carbons (Fsp3) is 0.308. The maximum absolute atomic E-state index is 4.64. The molecule has 0 atom stereocenters. The summed E-state index contributed by atoms with van der Waals surface area (Å²) in [6.45, 7) is 7.31. The Morgan fingerprint density at radius 2 is 2.06 bits per heavy atom. The van der Waals surface area contributed by atoms with Crippen molar-refractivity contribution >= 4 is 17.0 Å². The Morgan fingerprint density at radius 1 is 1.25 bits per heavy atom. The van der Waals surface area contributed by atoms with Crippen LogP contribution in [0.5, 0.6) is 0 Å². The summed E-state index contributed by atoms with van der Waals surface area (Å²) in [6, 6.07) is 4.36. The molecule has 1 aliphatic rings.